The molecule has 0 atom stereocenters. The van der Waals surface area contributed by atoms with Gasteiger partial charge in [0.1, 0.15) is 0 Å². The summed E-state index contributed by atoms with van der Waals surface area (Å²) in [6.07, 6.45) is 6.47. The van der Waals surface area contributed by atoms with E-state index in [4.69, 9.17) is 0 Å². The lowest BCUT2D eigenvalue weighted by atomic mass is 9.80. The molecule has 0 bridgehead atoms. The Kier molecular flexibility index (Phi) is 10.6. The Hall–Kier alpha value is -7.52. The fourth-order valence-corrected chi connectivity index (χ4v) is 11.9. The van der Waals surface area contributed by atoms with Crippen molar-refractivity contribution >= 4 is 59.3 Å². The quantitative estimate of drug-likeness (QED) is 0.140. The molecule has 66 heavy (non-hydrogen) atoms. The maximum absolute atomic E-state index is 2.49. The molecule has 1 heterocycles. The van der Waals surface area contributed by atoms with Crippen LogP contribution in [0.4, 0.5) is 17.1 Å². The second kappa shape index (κ2) is 17.5. The normalized spacial score (nSPS) is 13.1. The van der Waals surface area contributed by atoms with Crippen molar-refractivity contribution < 1.29 is 0 Å². The zero-order valence-electron chi connectivity index (χ0n) is 36.9. The maximum atomic E-state index is 2.49. The van der Waals surface area contributed by atoms with Crippen LogP contribution in [0, 0.1) is 0 Å². The summed E-state index contributed by atoms with van der Waals surface area (Å²) in [7, 11) is 0. The Morgan fingerprint density at radius 3 is 1.80 bits per heavy atom. The molecule has 0 unspecified atom stereocenters. The summed E-state index contributed by atoms with van der Waals surface area (Å²) in [6.45, 7) is 0. The van der Waals surface area contributed by atoms with Crippen molar-refractivity contribution in [2.75, 3.05) is 4.90 Å². The van der Waals surface area contributed by atoms with Crippen LogP contribution in [0.3, 0.4) is 0 Å². The minimum Gasteiger partial charge on any atom is -0.310 e. The van der Waals surface area contributed by atoms with Crippen molar-refractivity contribution in [1.29, 1.82) is 0 Å². The number of anilines is 3. The van der Waals surface area contributed by atoms with Gasteiger partial charge in [0, 0.05) is 37.1 Å². The zero-order valence-corrected chi connectivity index (χ0v) is 37.7. The molecule has 1 aliphatic rings. The smallest absolute Gasteiger partial charge is 0.0540 e. The molecule has 316 valence electrons. The summed E-state index contributed by atoms with van der Waals surface area (Å²) in [4.78, 5) is 2.49. The van der Waals surface area contributed by atoms with Crippen LogP contribution in [0.1, 0.15) is 43.6 Å². The second-order valence-electron chi connectivity index (χ2n) is 17.8. The molecule has 0 spiro atoms. The first-order chi connectivity index (χ1) is 32.7. The second-order valence-corrected chi connectivity index (χ2v) is 18.9. The molecule has 1 aromatic heterocycles. The summed E-state index contributed by atoms with van der Waals surface area (Å²) in [5.41, 5.74) is 17.2. The zero-order chi connectivity index (χ0) is 43.8. The van der Waals surface area contributed by atoms with Gasteiger partial charge in [0.05, 0.1) is 5.69 Å². The van der Waals surface area contributed by atoms with E-state index in [1.165, 1.54) is 124 Å². The third-order valence-corrected chi connectivity index (χ3v) is 15.1. The Morgan fingerprint density at radius 2 is 0.985 bits per heavy atom. The van der Waals surface area contributed by atoms with Crippen LogP contribution in [0.15, 0.2) is 231 Å². The Balaban J connectivity index is 1.02. The number of thiophene rings is 1. The summed E-state index contributed by atoms with van der Waals surface area (Å²) >= 11 is 1.89. The van der Waals surface area contributed by atoms with Crippen LogP contribution in [-0.2, 0) is 0 Å². The first kappa shape index (κ1) is 40.0. The van der Waals surface area contributed by atoms with E-state index >= 15 is 0 Å². The van der Waals surface area contributed by atoms with E-state index in [9.17, 15) is 0 Å². The Labute approximate surface area is 391 Å². The molecular weight excluding hydrogens is 815 g/mol. The van der Waals surface area contributed by atoms with Crippen molar-refractivity contribution in [3.05, 3.63) is 236 Å². The highest BCUT2D eigenvalue weighted by molar-refractivity contribution is 7.26. The van der Waals surface area contributed by atoms with E-state index in [0.717, 1.165) is 17.1 Å². The minimum absolute atomic E-state index is 0.580. The Bertz CT molecular complexity index is 3500. The molecule has 0 saturated heterocycles. The molecule has 0 amide bonds. The molecule has 2 heteroatoms. The van der Waals surface area contributed by atoms with E-state index in [2.05, 4.69) is 235 Å². The third kappa shape index (κ3) is 7.38. The van der Waals surface area contributed by atoms with Crippen LogP contribution in [0.2, 0.25) is 0 Å². The highest BCUT2D eigenvalue weighted by atomic mass is 32.1. The van der Waals surface area contributed by atoms with Crippen LogP contribution in [0.25, 0.3) is 86.6 Å². The van der Waals surface area contributed by atoms with Crippen molar-refractivity contribution in [1.82, 2.24) is 0 Å². The number of nitrogens with zero attached hydrogens (tertiary/aromatic N) is 1. The summed E-state index contributed by atoms with van der Waals surface area (Å²) < 4.78 is 2.64. The van der Waals surface area contributed by atoms with Gasteiger partial charge in [-0.1, -0.05) is 207 Å². The molecular formula is C64H49NS. The van der Waals surface area contributed by atoms with Gasteiger partial charge in [-0.15, -0.1) is 11.3 Å². The van der Waals surface area contributed by atoms with Gasteiger partial charge in [-0.2, -0.15) is 0 Å². The lowest BCUT2D eigenvalue weighted by molar-refractivity contribution is 0.445. The molecule has 0 N–H and O–H groups in total. The van der Waals surface area contributed by atoms with Gasteiger partial charge in [-0.3, -0.25) is 0 Å². The SMILES string of the molecule is c1ccc(-c2ccc(-c3ccc(N(c4cccc(-c5cccc6c5sc5ccccc56)c4)c4ccccc4-c4cccc5cccc(C6CCCCC6)c45)cc3)cc2-c2ccccc2)cc1. The highest BCUT2D eigenvalue weighted by Crippen LogP contribution is 2.48. The topological polar surface area (TPSA) is 3.24 Å². The van der Waals surface area contributed by atoms with Crippen LogP contribution in [-0.4, -0.2) is 0 Å². The molecule has 12 rings (SSSR count). The number of benzene rings is 10. The van der Waals surface area contributed by atoms with Crippen LogP contribution >= 0.6 is 11.3 Å². The molecule has 1 fully saturated rings. The van der Waals surface area contributed by atoms with Crippen molar-refractivity contribution in [3.63, 3.8) is 0 Å². The van der Waals surface area contributed by atoms with Gasteiger partial charge in [-0.25, -0.2) is 0 Å². The van der Waals surface area contributed by atoms with E-state index in [-0.39, 0.29) is 0 Å². The predicted octanol–water partition coefficient (Wildman–Crippen LogP) is 19.1. The predicted molar refractivity (Wildman–Crippen MR) is 285 cm³/mol. The molecule has 1 aliphatic carbocycles. The lowest BCUT2D eigenvalue weighted by Gasteiger charge is -2.29. The summed E-state index contributed by atoms with van der Waals surface area (Å²) in [6, 6.07) is 85.4. The number of hydrogen-bond donors (Lipinski definition) is 0. The van der Waals surface area contributed by atoms with E-state index in [1.54, 1.807) is 0 Å². The highest BCUT2D eigenvalue weighted by Gasteiger charge is 2.23. The van der Waals surface area contributed by atoms with Crippen LogP contribution in [0.5, 0.6) is 0 Å². The summed E-state index contributed by atoms with van der Waals surface area (Å²) in [5, 5.41) is 5.34. The standard InChI is InChI=1S/C64H49NS/c1-4-18-45(19-5-1)53-41-38-49(43-60(53)47-22-8-3-9-23-47)44-36-39-51(40-37-44)65(52-27-14-26-50(42-52)55-31-17-33-59-57-29-11-13-35-62(57)66-64(55)59)61-34-12-10-28-56(61)58-32-16-25-48-24-15-30-54(63(48)58)46-20-6-2-7-21-46/h1,3-5,8-19,22-43,46H,2,6-7,20-21H2. The molecule has 1 saturated carbocycles. The first-order valence-electron chi connectivity index (χ1n) is 23.5. The fourth-order valence-electron chi connectivity index (χ4n) is 10.7. The molecule has 1 nitrogen and oxygen atoms in total. The monoisotopic (exact) mass is 863 g/mol. The number of fused-ring (bicyclic) bond motifs is 4. The van der Waals surface area contributed by atoms with Crippen molar-refractivity contribution in [2.24, 2.45) is 0 Å². The van der Waals surface area contributed by atoms with Gasteiger partial charge < -0.3 is 4.90 Å². The van der Waals surface area contributed by atoms with Crippen molar-refractivity contribution in [3.8, 4) is 55.6 Å². The number of hydrogen-bond acceptors (Lipinski definition) is 2. The van der Waals surface area contributed by atoms with Gasteiger partial charge in [0.25, 0.3) is 0 Å². The van der Waals surface area contributed by atoms with E-state index < -0.39 is 0 Å². The average Bonchev–Trinajstić information content (AvgIpc) is 3.79. The van der Waals surface area contributed by atoms with Crippen molar-refractivity contribution in [2.45, 2.75) is 38.0 Å². The number of para-hydroxylation sites is 1. The summed E-state index contributed by atoms with van der Waals surface area (Å²) in [5.74, 6) is 0.580. The third-order valence-electron chi connectivity index (χ3n) is 13.9. The van der Waals surface area contributed by atoms with Gasteiger partial charge in [-0.05, 0) is 128 Å². The van der Waals surface area contributed by atoms with Crippen LogP contribution < -0.4 is 4.90 Å². The fraction of sp³-hybridized carbons (Fsp3) is 0.0938. The first-order valence-corrected chi connectivity index (χ1v) is 24.3. The Morgan fingerprint density at radius 1 is 0.364 bits per heavy atom. The largest absolute Gasteiger partial charge is 0.310 e. The molecule has 0 radical (unpaired) electrons. The van der Waals surface area contributed by atoms with Gasteiger partial charge in [0.15, 0.2) is 0 Å². The molecule has 11 aromatic rings. The average molecular weight is 864 g/mol. The van der Waals surface area contributed by atoms with E-state index in [1.807, 2.05) is 11.3 Å². The minimum atomic E-state index is 0.580. The molecule has 0 aliphatic heterocycles. The molecule has 10 aromatic carbocycles. The van der Waals surface area contributed by atoms with Gasteiger partial charge >= 0.3 is 0 Å². The number of rotatable bonds is 9. The van der Waals surface area contributed by atoms with Gasteiger partial charge in [0.2, 0.25) is 0 Å². The van der Waals surface area contributed by atoms with E-state index in [0.29, 0.717) is 5.92 Å². The maximum Gasteiger partial charge on any atom is 0.0540 e. The lowest BCUT2D eigenvalue weighted by Crippen LogP contribution is -2.11.